The van der Waals surface area contributed by atoms with Gasteiger partial charge in [0, 0.05) is 10.4 Å². The van der Waals surface area contributed by atoms with Crippen LogP contribution >= 0.6 is 15.9 Å². The molecule has 0 saturated carbocycles. The number of hydrogen-bond donors (Lipinski definition) is 1. The number of aliphatic hydroxyl groups is 1. The number of rotatable bonds is 3. The smallest absolute Gasteiger partial charge is 0.0534 e. The molecule has 0 fully saturated rings. The molecule has 0 bridgehead atoms. The first-order valence-corrected chi connectivity index (χ1v) is 4.56. The standard InChI is InChI=1S/C10H11BrO/c1-2-8(7-12)9-3-5-10(11)6-4-9/h2-6,8,12H,1,7H2/t8-/m0/s1. The van der Waals surface area contributed by atoms with Gasteiger partial charge in [-0.15, -0.1) is 6.58 Å². The molecule has 64 valence electrons. The fourth-order valence-corrected chi connectivity index (χ4v) is 1.29. The summed E-state index contributed by atoms with van der Waals surface area (Å²) in [4.78, 5) is 0. The monoisotopic (exact) mass is 226 g/mol. The van der Waals surface area contributed by atoms with Crippen molar-refractivity contribution in [1.82, 2.24) is 0 Å². The predicted octanol–water partition coefficient (Wildman–Crippen LogP) is 2.71. The first-order valence-electron chi connectivity index (χ1n) is 3.77. The minimum absolute atomic E-state index is 0.0538. The maximum absolute atomic E-state index is 8.97. The highest BCUT2D eigenvalue weighted by Gasteiger charge is 2.04. The number of aliphatic hydroxyl groups excluding tert-OH is 1. The van der Waals surface area contributed by atoms with E-state index in [4.69, 9.17) is 5.11 Å². The van der Waals surface area contributed by atoms with Gasteiger partial charge in [0.05, 0.1) is 6.61 Å². The average molecular weight is 227 g/mol. The zero-order valence-corrected chi connectivity index (χ0v) is 8.29. The second kappa shape index (κ2) is 4.43. The van der Waals surface area contributed by atoms with E-state index in [1.54, 1.807) is 6.08 Å². The van der Waals surface area contributed by atoms with Crippen LogP contribution in [-0.2, 0) is 0 Å². The molecule has 2 heteroatoms. The fourth-order valence-electron chi connectivity index (χ4n) is 1.03. The second-order valence-corrected chi connectivity index (χ2v) is 3.49. The van der Waals surface area contributed by atoms with Gasteiger partial charge in [-0.05, 0) is 17.7 Å². The summed E-state index contributed by atoms with van der Waals surface area (Å²) in [6, 6.07) is 7.88. The highest BCUT2D eigenvalue weighted by Crippen LogP contribution is 2.18. The molecular weight excluding hydrogens is 216 g/mol. The van der Waals surface area contributed by atoms with Crippen molar-refractivity contribution in [2.75, 3.05) is 6.61 Å². The molecule has 0 aliphatic heterocycles. The van der Waals surface area contributed by atoms with Crippen LogP contribution in [0.15, 0.2) is 41.4 Å². The summed E-state index contributed by atoms with van der Waals surface area (Å²) in [5, 5.41) is 8.97. The Balaban J connectivity index is 2.87. The lowest BCUT2D eigenvalue weighted by Gasteiger charge is -2.08. The average Bonchev–Trinajstić information content (AvgIpc) is 2.10. The molecule has 1 nitrogen and oxygen atoms in total. The molecule has 0 unspecified atom stereocenters. The van der Waals surface area contributed by atoms with Crippen LogP contribution in [0.1, 0.15) is 11.5 Å². The summed E-state index contributed by atoms with van der Waals surface area (Å²) >= 11 is 3.35. The van der Waals surface area contributed by atoms with E-state index in [1.807, 2.05) is 24.3 Å². The Hall–Kier alpha value is -0.600. The highest BCUT2D eigenvalue weighted by molar-refractivity contribution is 9.10. The van der Waals surface area contributed by atoms with Crippen molar-refractivity contribution in [1.29, 1.82) is 0 Å². The van der Waals surface area contributed by atoms with Gasteiger partial charge in [0.15, 0.2) is 0 Å². The molecule has 1 N–H and O–H groups in total. The Bertz CT molecular complexity index is 253. The van der Waals surface area contributed by atoms with Crippen molar-refractivity contribution in [3.63, 3.8) is 0 Å². The second-order valence-electron chi connectivity index (χ2n) is 2.58. The minimum atomic E-state index is 0.0538. The first-order chi connectivity index (χ1) is 5.77. The van der Waals surface area contributed by atoms with Crippen molar-refractivity contribution >= 4 is 15.9 Å². The zero-order valence-electron chi connectivity index (χ0n) is 6.70. The third kappa shape index (κ3) is 2.19. The molecule has 0 saturated heterocycles. The number of hydrogen-bond acceptors (Lipinski definition) is 1. The van der Waals surface area contributed by atoms with E-state index in [0.717, 1.165) is 10.0 Å². The van der Waals surface area contributed by atoms with Crippen LogP contribution in [0.3, 0.4) is 0 Å². The van der Waals surface area contributed by atoms with E-state index >= 15 is 0 Å². The molecule has 1 rings (SSSR count). The molecule has 1 aromatic rings. The van der Waals surface area contributed by atoms with E-state index in [2.05, 4.69) is 22.5 Å². The highest BCUT2D eigenvalue weighted by atomic mass is 79.9. The third-order valence-corrected chi connectivity index (χ3v) is 2.31. The summed E-state index contributed by atoms with van der Waals surface area (Å²) in [5.74, 6) is 0.0538. The van der Waals surface area contributed by atoms with Crippen LogP contribution in [-0.4, -0.2) is 11.7 Å². The van der Waals surface area contributed by atoms with Crippen molar-refractivity contribution in [2.24, 2.45) is 0 Å². The third-order valence-electron chi connectivity index (χ3n) is 1.78. The lowest BCUT2D eigenvalue weighted by Crippen LogP contribution is -1.99. The van der Waals surface area contributed by atoms with Gasteiger partial charge in [-0.1, -0.05) is 34.1 Å². The topological polar surface area (TPSA) is 20.2 Å². The maximum Gasteiger partial charge on any atom is 0.0534 e. The van der Waals surface area contributed by atoms with Gasteiger partial charge in [-0.2, -0.15) is 0 Å². The van der Waals surface area contributed by atoms with Crippen LogP contribution in [0.25, 0.3) is 0 Å². The number of halogens is 1. The Morgan fingerprint density at radius 3 is 2.42 bits per heavy atom. The summed E-state index contributed by atoms with van der Waals surface area (Å²) in [7, 11) is 0. The van der Waals surface area contributed by atoms with Crippen LogP contribution < -0.4 is 0 Å². The molecule has 0 aromatic heterocycles. The van der Waals surface area contributed by atoms with Crippen molar-refractivity contribution in [3.8, 4) is 0 Å². The van der Waals surface area contributed by atoms with Crippen molar-refractivity contribution < 1.29 is 5.11 Å². The lowest BCUT2D eigenvalue weighted by molar-refractivity contribution is 0.283. The normalized spacial score (nSPS) is 12.5. The largest absolute Gasteiger partial charge is 0.395 e. The van der Waals surface area contributed by atoms with Crippen molar-refractivity contribution in [3.05, 3.63) is 47.0 Å². The van der Waals surface area contributed by atoms with Gasteiger partial charge in [0.1, 0.15) is 0 Å². The summed E-state index contributed by atoms with van der Waals surface area (Å²) < 4.78 is 1.05. The van der Waals surface area contributed by atoms with Crippen LogP contribution in [0.5, 0.6) is 0 Å². The van der Waals surface area contributed by atoms with Crippen LogP contribution in [0.4, 0.5) is 0 Å². The van der Waals surface area contributed by atoms with Gasteiger partial charge in [-0.3, -0.25) is 0 Å². The lowest BCUT2D eigenvalue weighted by atomic mass is 10.0. The maximum atomic E-state index is 8.97. The molecule has 0 amide bonds. The Labute approximate surface area is 80.9 Å². The fraction of sp³-hybridized carbons (Fsp3) is 0.200. The Kier molecular flexibility index (Phi) is 3.50. The van der Waals surface area contributed by atoms with Crippen LogP contribution in [0.2, 0.25) is 0 Å². The molecule has 0 heterocycles. The van der Waals surface area contributed by atoms with E-state index in [1.165, 1.54) is 0 Å². The molecular formula is C10H11BrO. The van der Waals surface area contributed by atoms with E-state index in [9.17, 15) is 0 Å². The molecule has 0 radical (unpaired) electrons. The van der Waals surface area contributed by atoms with Gasteiger partial charge in [0.25, 0.3) is 0 Å². The molecule has 0 aliphatic rings. The quantitative estimate of drug-likeness (QED) is 0.787. The van der Waals surface area contributed by atoms with Gasteiger partial charge in [0.2, 0.25) is 0 Å². The zero-order chi connectivity index (χ0) is 8.97. The van der Waals surface area contributed by atoms with Gasteiger partial charge < -0.3 is 5.11 Å². The molecule has 1 atom stereocenters. The summed E-state index contributed by atoms with van der Waals surface area (Å²) in [6.45, 7) is 3.78. The summed E-state index contributed by atoms with van der Waals surface area (Å²) in [6.07, 6.45) is 1.75. The van der Waals surface area contributed by atoms with E-state index in [-0.39, 0.29) is 12.5 Å². The van der Waals surface area contributed by atoms with Crippen molar-refractivity contribution in [2.45, 2.75) is 5.92 Å². The number of benzene rings is 1. The Morgan fingerprint density at radius 2 is 2.00 bits per heavy atom. The molecule has 1 aromatic carbocycles. The Morgan fingerprint density at radius 1 is 1.42 bits per heavy atom. The van der Waals surface area contributed by atoms with Gasteiger partial charge in [-0.25, -0.2) is 0 Å². The minimum Gasteiger partial charge on any atom is -0.395 e. The predicted molar refractivity (Wildman–Crippen MR) is 54.2 cm³/mol. The van der Waals surface area contributed by atoms with E-state index in [0.29, 0.717) is 0 Å². The van der Waals surface area contributed by atoms with Crippen LogP contribution in [0, 0.1) is 0 Å². The molecule has 12 heavy (non-hydrogen) atoms. The molecule has 0 spiro atoms. The van der Waals surface area contributed by atoms with E-state index < -0.39 is 0 Å². The van der Waals surface area contributed by atoms with Gasteiger partial charge >= 0.3 is 0 Å². The first kappa shape index (κ1) is 9.49. The molecule has 0 aliphatic carbocycles. The SMILES string of the molecule is C=C[C@@H](CO)c1ccc(Br)cc1. The summed E-state index contributed by atoms with van der Waals surface area (Å²) in [5.41, 5.74) is 1.09.